The molecule has 3 aromatic rings. The van der Waals surface area contributed by atoms with Gasteiger partial charge in [0.25, 0.3) is 0 Å². The van der Waals surface area contributed by atoms with E-state index in [0.717, 1.165) is 24.1 Å². The Hall–Kier alpha value is -5.03. The van der Waals surface area contributed by atoms with Crippen LogP contribution in [0.5, 0.6) is 5.88 Å². The standard InChI is InChI=1S/C36H40N6O7S/c1-35(2,3)49-34(47)40-25-11-8-6-4-5-7-10-22-18-36(22,33(45)46)41-30(43)27-17-23(20-42(27)32(25)44)48-31-29(28-12-9-15-50-28)38-26-16-21(19-37)13-14-24(26)39-31/h7,9-10,12-16,22-23,25,27H,4-6,8,11,17-18,20H2,1-3H3,(H,40,47)(H,41,43)(H,45,46)/b10-7-/t22?,23-,25+,27?,36?/m1/s1. The van der Waals surface area contributed by atoms with Crippen LogP contribution in [0.15, 0.2) is 47.9 Å². The average Bonchev–Trinajstić information content (AvgIpc) is 3.37. The number of ether oxygens (including phenoxy) is 2. The van der Waals surface area contributed by atoms with Crippen LogP contribution < -0.4 is 15.4 Å². The molecule has 2 fully saturated rings. The van der Waals surface area contributed by atoms with E-state index in [1.54, 1.807) is 39.0 Å². The van der Waals surface area contributed by atoms with Gasteiger partial charge in [-0.05, 0) is 76.1 Å². The first kappa shape index (κ1) is 34.8. The van der Waals surface area contributed by atoms with Gasteiger partial charge in [0.15, 0.2) is 0 Å². The van der Waals surface area contributed by atoms with Gasteiger partial charge >= 0.3 is 12.1 Å². The summed E-state index contributed by atoms with van der Waals surface area (Å²) in [7, 11) is 0. The summed E-state index contributed by atoms with van der Waals surface area (Å²) in [5.41, 5.74) is -0.365. The minimum atomic E-state index is -1.46. The maximum atomic E-state index is 14.3. The van der Waals surface area contributed by atoms with E-state index in [4.69, 9.17) is 19.4 Å². The first-order valence-corrected chi connectivity index (χ1v) is 17.7. The van der Waals surface area contributed by atoms with E-state index in [1.165, 1.54) is 16.2 Å². The Bertz CT molecular complexity index is 1870. The molecule has 3 unspecified atom stereocenters. The van der Waals surface area contributed by atoms with Gasteiger partial charge in [0.05, 0.1) is 34.1 Å². The molecule has 1 aromatic carbocycles. The number of aromatic nitrogens is 2. The van der Waals surface area contributed by atoms with Gasteiger partial charge in [0, 0.05) is 12.3 Å². The lowest BCUT2D eigenvalue weighted by Crippen LogP contribution is -2.56. The van der Waals surface area contributed by atoms with E-state index >= 15 is 0 Å². The Morgan fingerprint density at radius 2 is 1.98 bits per heavy atom. The van der Waals surface area contributed by atoms with Crippen LogP contribution >= 0.6 is 11.3 Å². The SMILES string of the molecule is CC(C)(C)OC(=O)N[C@H]1CCCCC/C=C\C2CC2(C(=O)O)NC(=O)C2C[C@@H](Oc3nc4ccc(C#N)cc4nc3-c3cccs3)CN2C1=O. The number of carbonyl (C=O) groups is 4. The molecule has 2 aliphatic heterocycles. The number of nitrogens with one attached hydrogen (secondary N) is 2. The third kappa shape index (κ3) is 7.57. The summed E-state index contributed by atoms with van der Waals surface area (Å²) >= 11 is 1.43. The Morgan fingerprint density at radius 1 is 1.16 bits per heavy atom. The number of thiophene rings is 1. The van der Waals surface area contributed by atoms with Crippen molar-refractivity contribution in [3.8, 4) is 22.5 Å². The fourth-order valence-corrected chi connectivity index (χ4v) is 7.22. The summed E-state index contributed by atoms with van der Waals surface area (Å²) < 4.78 is 12.0. The van der Waals surface area contributed by atoms with E-state index in [9.17, 15) is 29.5 Å². The van der Waals surface area contributed by atoms with Crippen molar-refractivity contribution in [2.24, 2.45) is 5.92 Å². The quantitative estimate of drug-likeness (QED) is 0.308. The molecule has 6 rings (SSSR count). The predicted octanol–water partition coefficient (Wildman–Crippen LogP) is 4.95. The van der Waals surface area contributed by atoms with Gasteiger partial charge < -0.3 is 30.1 Å². The average molecular weight is 701 g/mol. The molecule has 5 atom stereocenters. The smallest absolute Gasteiger partial charge is 0.408 e. The molecule has 0 radical (unpaired) electrons. The molecule has 0 bridgehead atoms. The number of carboxylic acids is 1. The summed E-state index contributed by atoms with van der Waals surface area (Å²) in [6, 6.07) is 8.75. The number of benzene rings is 1. The van der Waals surface area contributed by atoms with E-state index < -0.39 is 53.2 Å². The van der Waals surface area contributed by atoms with Crippen LogP contribution in [0.2, 0.25) is 0 Å². The summed E-state index contributed by atoms with van der Waals surface area (Å²) in [4.78, 5) is 65.4. The molecule has 4 heterocycles. The lowest BCUT2D eigenvalue weighted by Gasteiger charge is -2.30. The van der Waals surface area contributed by atoms with Crippen molar-refractivity contribution in [3.05, 3.63) is 53.4 Å². The van der Waals surface area contributed by atoms with Gasteiger partial charge in [-0.3, -0.25) is 9.59 Å². The lowest BCUT2D eigenvalue weighted by molar-refractivity contribution is -0.145. The number of nitrogens with zero attached hydrogens (tertiary/aromatic N) is 4. The van der Waals surface area contributed by atoms with Crippen molar-refractivity contribution in [2.75, 3.05) is 6.54 Å². The van der Waals surface area contributed by atoms with E-state index in [2.05, 4.69) is 16.7 Å². The molecule has 0 spiro atoms. The Labute approximate surface area is 293 Å². The third-order valence-corrected chi connectivity index (χ3v) is 9.98. The Morgan fingerprint density at radius 3 is 2.70 bits per heavy atom. The molecule has 1 aliphatic carbocycles. The van der Waals surface area contributed by atoms with Crippen LogP contribution in [-0.2, 0) is 19.1 Å². The zero-order valence-corrected chi connectivity index (χ0v) is 29.0. The molecule has 3 N–H and O–H groups in total. The van der Waals surface area contributed by atoms with Crippen molar-refractivity contribution in [1.82, 2.24) is 25.5 Å². The molecule has 14 heteroatoms. The minimum Gasteiger partial charge on any atom is -0.479 e. The Kier molecular flexibility index (Phi) is 9.80. The zero-order chi connectivity index (χ0) is 35.6. The number of rotatable bonds is 5. The van der Waals surface area contributed by atoms with E-state index in [1.807, 2.05) is 29.7 Å². The number of aliphatic carboxylic acids is 1. The molecule has 3 aliphatic rings. The second kappa shape index (κ2) is 14.1. The molecular formula is C36H40N6O7S. The van der Waals surface area contributed by atoms with Crippen molar-refractivity contribution in [2.45, 2.75) is 95.0 Å². The van der Waals surface area contributed by atoms with Crippen LogP contribution in [0.25, 0.3) is 21.6 Å². The summed E-state index contributed by atoms with van der Waals surface area (Å²) in [5, 5.41) is 27.0. The molecule has 2 aromatic heterocycles. The van der Waals surface area contributed by atoms with Gasteiger partial charge in [-0.2, -0.15) is 5.26 Å². The number of fused-ring (bicyclic) bond motifs is 3. The molecule has 13 nitrogen and oxygen atoms in total. The van der Waals surface area contributed by atoms with Crippen LogP contribution in [0.1, 0.15) is 71.3 Å². The third-order valence-electron chi connectivity index (χ3n) is 9.11. The van der Waals surface area contributed by atoms with Crippen LogP contribution in [-0.4, -0.2) is 79.7 Å². The van der Waals surface area contributed by atoms with Crippen LogP contribution in [0.3, 0.4) is 0 Å². The van der Waals surface area contributed by atoms with Gasteiger partial charge in [-0.1, -0.05) is 31.1 Å². The second-order valence-corrected chi connectivity index (χ2v) is 14.9. The van der Waals surface area contributed by atoms with Gasteiger partial charge in [-0.15, -0.1) is 11.3 Å². The molecule has 50 heavy (non-hydrogen) atoms. The number of nitriles is 1. The van der Waals surface area contributed by atoms with Crippen molar-refractivity contribution >= 4 is 46.2 Å². The van der Waals surface area contributed by atoms with Crippen molar-refractivity contribution in [3.63, 3.8) is 0 Å². The highest BCUT2D eigenvalue weighted by atomic mass is 32.1. The molecule has 3 amide bonds. The minimum absolute atomic E-state index is 0.0240. The number of alkyl carbamates (subject to hydrolysis) is 1. The highest BCUT2D eigenvalue weighted by Gasteiger charge is 2.61. The number of carbonyl (C=O) groups excluding carboxylic acids is 3. The normalized spacial score (nSPS) is 26.3. The van der Waals surface area contributed by atoms with Crippen LogP contribution in [0.4, 0.5) is 4.79 Å². The number of amides is 3. The topological polar surface area (TPSA) is 184 Å². The van der Waals surface area contributed by atoms with E-state index in [0.29, 0.717) is 35.1 Å². The monoisotopic (exact) mass is 700 g/mol. The van der Waals surface area contributed by atoms with Crippen LogP contribution in [0, 0.1) is 17.2 Å². The zero-order valence-electron chi connectivity index (χ0n) is 28.2. The van der Waals surface area contributed by atoms with Gasteiger partial charge in [-0.25, -0.2) is 19.6 Å². The fourth-order valence-electron chi connectivity index (χ4n) is 6.52. The van der Waals surface area contributed by atoms with Crippen molar-refractivity contribution < 1.29 is 33.8 Å². The van der Waals surface area contributed by atoms with Crippen molar-refractivity contribution in [1.29, 1.82) is 5.26 Å². The highest BCUT2D eigenvalue weighted by Crippen LogP contribution is 2.45. The lowest BCUT2D eigenvalue weighted by atomic mass is 10.0. The molecule has 1 saturated carbocycles. The summed E-state index contributed by atoms with van der Waals surface area (Å²) in [5.74, 6) is -2.40. The van der Waals surface area contributed by atoms with Gasteiger partial charge in [0.2, 0.25) is 17.7 Å². The second-order valence-electron chi connectivity index (χ2n) is 14.0. The maximum Gasteiger partial charge on any atom is 0.408 e. The molecular weight excluding hydrogens is 660 g/mol. The Balaban J connectivity index is 1.34. The fraction of sp³-hybridized carbons (Fsp3) is 0.472. The number of allylic oxidation sites excluding steroid dienone is 1. The first-order valence-electron chi connectivity index (χ1n) is 16.8. The van der Waals surface area contributed by atoms with E-state index in [-0.39, 0.29) is 31.2 Å². The number of hydrogen-bond donors (Lipinski definition) is 3. The number of hydrogen-bond acceptors (Lipinski definition) is 10. The number of carboxylic acid groups (broad SMARTS) is 1. The first-order chi connectivity index (χ1) is 23.9. The largest absolute Gasteiger partial charge is 0.479 e. The highest BCUT2D eigenvalue weighted by molar-refractivity contribution is 7.13. The summed E-state index contributed by atoms with van der Waals surface area (Å²) in [6.45, 7) is 5.16. The molecule has 262 valence electrons. The van der Waals surface area contributed by atoms with Gasteiger partial charge in [0.1, 0.15) is 35.0 Å². The molecule has 1 saturated heterocycles. The predicted molar refractivity (Wildman–Crippen MR) is 184 cm³/mol. The summed E-state index contributed by atoms with van der Waals surface area (Å²) in [6.07, 6.45) is 5.92. The maximum absolute atomic E-state index is 14.3.